The predicted octanol–water partition coefficient (Wildman–Crippen LogP) is 14.0. The minimum Gasteiger partial charge on any atom is -0.454 e. The van der Waals surface area contributed by atoms with Gasteiger partial charge in [0.25, 0.3) is 20.2 Å². The molecule has 0 aromatic heterocycles. The first-order valence-corrected chi connectivity index (χ1v) is 24.3. The lowest BCUT2D eigenvalue weighted by Crippen LogP contribution is -2.06. The molecule has 0 aliphatic rings. The summed E-state index contributed by atoms with van der Waals surface area (Å²) in [5.74, 6) is -0.385. The second-order valence-electron chi connectivity index (χ2n) is 15.3. The zero-order valence-corrected chi connectivity index (χ0v) is 35.1. The Balaban J connectivity index is 1.78. The van der Waals surface area contributed by atoms with E-state index >= 15 is 0 Å². The van der Waals surface area contributed by atoms with Gasteiger partial charge in [-0.25, -0.2) is 0 Å². The fraction of sp³-hybridized carbons (Fsp3) is 0.727. The Morgan fingerprint density at radius 2 is 0.642 bits per heavy atom. The van der Waals surface area contributed by atoms with E-state index in [-0.39, 0.29) is 11.5 Å². The van der Waals surface area contributed by atoms with Gasteiger partial charge in [-0.15, -0.1) is 0 Å². The lowest BCUT2D eigenvalue weighted by molar-refractivity contribution is 0.433. The molecule has 53 heavy (non-hydrogen) atoms. The SMILES string of the molecule is CCCCCCCCCCCCCCCCc1ccc(Oc2ccc(CCCCCCCCCCCCCCCC)cc2S(=O)(=O)O)c(S(=O)(=O)O)c1. The average Bonchev–Trinajstić information content (AvgIpc) is 3.12. The van der Waals surface area contributed by atoms with E-state index in [9.17, 15) is 25.9 Å². The van der Waals surface area contributed by atoms with E-state index in [1.54, 1.807) is 12.1 Å². The van der Waals surface area contributed by atoms with Crippen molar-refractivity contribution in [1.29, 1.82) is 0 Å². The summed E-state index contributed by atoms with van der Waals surface area (Å²) in [5, 5.41) is 0. The van der Waals surface area contributed by atoms with Crippen LogP contribution in [-0.2, 0) is 33.1 Å². The molecule has 9 heteroatoms. The molecule has 0 saturated carbocycles. The Bertz CT molecular complexity index is 1340. The molecular weight excluding hydrogens is 705 g/mol. The van der Waals surface area contributed by atoms with Crippen LogP contribution >= 0.6 is 0 Å². The molecule has 0 atom stereocenters. The van der Waals surface area contributed by atoms with E-state index in [1.807, 2.05) is 0 Å². The van der Waals surface area contributed by atoms with Crippen LogP contribution in [-0.4, -0.2) is 25.9 Å². The van der Waals surface area contributed by atoms with E-state index in [4.69, 9.17) is 4.74 Å². The van der Waals surface area contributed by atoms with Crippen LogP contribution in [0.15, 0.2) is 46.2 Å². The van der Waals surface area contributed by atoms with Crippen molar-refractivity contribution in [3.63, 3.8) is 0 Å². The summed E-state index contributed by atoms with van der Waals surface area (Å²) in [4.78, 5) is -0.846. The highest BCUT2D eigenvalue weighted by Crippen LogP contribution is 2.35. The quantitative estimate of drug-likeness (QED) is 0.0536. The van der Waals surface area contributed by atoms with Crippen LogP contribution in [0.1, 0.15) is 205 Å². The fourth-order valence-corrected chi connectivity index (χ4v) is 8.48. The molecule has 0 saturated heterocycles. The number of ether oxygens (including phenoxy) is 1. The molecule has 0 spiro atoms. The molecule has 0 fully saturated rings. The second kappa shape index (κ2) is 28.5. The van der Waals surface area contributed by atoms with Crippen LogP contribution < -0.4 is 4.74 Å². The van der Waals surface area contributed by atoms with E-state index in [2.05, 4.69) is 13.8 Å². The molecule has 0 heterocycles. The van der Waals surface area contributed by atoms with Crippen molar-refractivity contribution >= 4 is 20.2 Å². The molecule has 0 amide bonds. The topological polar surface area (TPSA) is 118 Å². The average molecular weight is 779 g/mol. The van der Waals surface area contributed by atoms with Gasteiger partial charge in [0.15, 0.2) is 0 Å². The Morgan fingerprint density at radius 3 is 0.887 bits per heavy atom. The van der Waals surface area contributed by atoms with Gasteiger partial charge in [-0.2, -0.15) is 16.8 Å². The van der Waals surface area contributed by atoms with E-state index in [0.717, 1.165) is 49.7 Å². The maximum Gasteiger partial charge on any atom is 0.298 e. The first-order chi connectivity index (χ1) is 25.6. The van der Waals surface area contributed by atoms with E-state index < -0.39 is 30.0 Å². The van der Waals surface area contributed by atoms with Crippen LogP contribution in [0.2, 0.25) is 0 Å². The van der Waals surface area contributed by atoms with Gasteiger partial charge in [-0.3, -0.25) is 9.11 Å². The van der Waals surface area contributed by atoms with Gasteiger partial charge in [-0.05, 0) is 61.1 Å². The second-order valence-corrected chi connectivity index (χ2v) is 18.1. The summed E-state index contributed by atoms with van der Waals surface area (Å²) in [6.07, 6.45) is 36.5. The number of hydrogen-bond donors (Lipinski definition) is 2. The Hall–Kier alpha value is -1.94. The maximum atomic E-state index is 12.4. The van der Waals surface area contributed by atoms with Crippen LogP contribution in [0.3, 0.4) is 0 Å². The molecule has 2 aromatic carbocycles. The molecule has 7 nitrogen and oxygen atoms in total. The minimum atomic E-state index is -4.66. The van der Waals surface area contributed by atoms with Crippen molar-refractivity contribution in [3.8, 4) is 11.5 Å². The molecule has 0 aliphatic heterocycles. The summed E-state index contributed by atoms with van der Waals surface area (Å²) in [6, 6.07) is 9.15. The lowest BCUT2D eigenvalue weighted by atomic mass is 10.0. The standard InChI is InChI=1S/C44H74O7S2/c1-3-5-7-9-11-13-15-17-19-21-23-25-27-29-31-39-33-35-41(43(37-39)52(45,46)47)51-42-36-34-40(38-44(42)53(48,49)50)32-30-28-26-24-22-20-18-16-14-12-10-8-6-4-2/h33-38H,3-32H2,1-2H3,(H,45,46,47)(H,48,49,50). The summed E-state index contributed by atoms with van der Waals surface area (Å²) in [6.45, 7) is 4.50. The van der Waals surface area contributed by atoms with Crippen LogP contribution in [0.25, 0.3) is 0 Å². The number of benzene rings is 2. The molecule has 304 valence electrons. The predicted molar refractivity (Wildman–Crippen MR) is 221 cm³/mol. The molecule has 2 rings (SSSR count). The molecule has 0 radical (unpaired) electrons. The van der Waals surface area contributed by atoms with Crippen molar-refractivity contribution < 1.29 is 30.7 Å². The number of unbranched alkanes of at least 4 members (excludes halogenated alkanes) is 26. The van der Waals surface area contributed by atoms with Crippen LogP contribution in [0.4, 0.5) is 0 Å². The van der Waals surface area contributed by atoms with Crippen molar-refractivity contribution in [3.05, 3.63) is 47.5 Å². The van der Waals surface area contributed by atoms with Gasteiger partial charge in [0.2, 0.25) is 0 Å². The lowest BCUT2D eigenvalue weighted by Gasteiger charge is -2.14. The smallest absolute Gasteiger partial charge is 0.298 e. The largest absolute Gasteiger partial charge is 0.454 e. The highest BCUT2D eigenvalue weighted by atomic mass is 32.2. The third kappa shape index (κ3) is 22.3. The highest BCUT2D eigenvalue weighted by Gasteiger charge is 2.23. The molecule has 2 aromatic rings. The number of aryl methyl sites for hydroxylation is 2. The highest BCUT2D eigenvalue weighted by molar-refractivity contribution is 7.86. The molecule has 0 aliphatic carbocycles. The summed E-state index contributed by atoms with van der Waals surface area (Å²) in [5.41, 5.74) is 1.50. The van der Waals surface area contributed by atoms with Gasteiger partial charge < -0.3 is 4.74 Å². The van der Waals surface area contributed by atoms with E-state index in [0.29, 0.717) is 12.8 Å². The van der Waals surface area contributed by atoms with Crippen molar-refractivity contribution in [1.82, 2.24) is 0 Å². The van der Waals surface area contributed by atoms with E-state index in [1.165, 1.54) is 166 Å². The van der Waals surface area contributed by atoms with Gasteiger partial charge in [-0.1, -0.05) is 193 Å². The first kappa shape index (κ1) is 47.2. The maximum absolute atomic E-state index is 12.4. The zero-order valence-electron chi connectivity index (χ0n) is 33.4. The van der Waals surface area contributed by atoms with Crippen molar-refractivity contribution in [2.45, 2.75) is 216 Å². The first-order valence-electron chi connectivity index (χ1n) is 21.4. The minimum absolute atomic E-state index is 0.193. The number of rotatable bonds is 34. The zero-order chi connectivity index (χ0) is 38.6. The van der Waals surface area contributed by atoms with Crippen molar-refractivity contribution in [2.24, 2.45) is 0 Å². The Morgan fingerprint density at radius 1 is 0.396 bits per heavy atom. The molecule has 0 unspecified atom stereocenters. The molecular formula is C44H74O7S2. The fourth-order valence-electron chi connectivity index (χ4n) is 7.15. The van der Waals surface area contributed by atoms with Gasteiger partial charge in [0, 0.05) is 0 Å². The molecule has 2 N–H and O–H groups in total. The Kier molecular flexibility index (Phi) is 25.4. The normalized spacial score (nSPS) is 12.1. The van der Waals surface area contributed by atoms with Gasteiger partial charge >= 0.3 is 0 Å². The number of hydrogen-bond acceptors (Lipinski definition) is 5. The monoisotopic (exact) mass is 778 g/mol. The van der Waals surface area contributed by atoms with Crippen LogP contribution in [0.5, 0.6) is 11.5 Å². The van der Waals surface area contributed by atoms with Gasteiger partial charge in [0.1, 0.15) is 21.3 Å². The molecule has 0 bridgehead atoms. The third-order valence-electron chi connectivity index (χ3n) is 10.4. The van der Waals surface area contributed by atoms with Crippen molar-refractivity contribution in [2.75, 3.05) is 0 Å². The van der Waals surface area contributed by atoms with Gasteiger partial charge in [0.05, 0.1) is 0 Å². The third-order valence-corrected chi connectivity index (χ3v) is 12.2. The summed E-state index contributed by atoms with van der Waals surface area (Å²) >= 11 is 0. The van der Waals surface area contributed by atoms with Crippen LogP contribution in [0, 0.1) is 0 Å². The Labute approximate surface area is 325 Å². The summed E-state index contributed by atoms with van der Waals surface area (Å²) in [7, 11) is -9.32. The summed E-state index contributed by atoms with van der Waals surface area (Å²) < 4.78 is 75.2.